The zero-order valence-corrected chi connectivity index (χ0v) is 13.2. The van der Waals surface area contributed by atoms with Crippen molar-refractivity contribution < 1.29 is 9.53 Å². The molecular formula is C17H21N3O2. The zero-order valence-electron chi connectivity index (χ0n) is 13.2. The minimum absolute atomic E-state index is 0.387. The Morgan fingerprint density at radius 2 is 1.95 bits per heavy atom. The van der Waals surface area contributed by atoms with Gasteiger partial charge in [0.2, 0.25) is 0 Å². The molecule has 1 N–H and O–H groups in total. The number of rotatable bonds is 4. The Morgan fingerprint density at radius 1 is 1.23 bits per heavy atom. The van der Waals surface area contributed by atoms with Crippen molar-refractivity contribution in [3.63, 3.8) is 0 Å². The largest absolute Gasteiger partial charge is 0.444 e. The maximum absolute atomic E-state index is 11.5. The number of alkyl carbamates (subject to hydrolysis) is 1. The van der Waals surface area contributed by atoms with Crippen LogP contribution in [0.25, 0.3) is 17.1 Å². The molecule has 0 bridgehead atoms. The molecule has 1 aromatic heterocycles. The summed E-state index contributed by atoms with van der Waals surface area (Å²) in [7, 11) is 0. The predicted octanol–water partition coefficient (Wildman–Crippen LogP) is 3.56. The quantitative estimate of drug-likeness (QED) is 0.877. The van der Waals surface area contributed by atoms with Crippen molar-refractivity contribution in [3.8, 4) is 0 Å². The van der Waals surface area contributed by atoms with E-state index in [4.69, 9.17) is 4.74 Å². The molecule has 1 aromatic carbocycles. The van der Waals surface area contributed by atoms with E-state index in [0.29, 0.717) is 6.54 Å². The lowest BCUT2D eigenvalue weighted by Gasteiger charge is -2.19. The highest BCUT2D eigenvalue weighted by Gasteiger charge is 2.15. The molecule has 0 saturated carbocycles. The first-order valence-corrected chi connectivity index (χ1v) is 7.28. The van der Waals surface area contributed by atoms with Gasteiger partial charge in [-0.3, -0.25) is 9.97 Å². The Hall–Kier alpha value is -2.43. The van der Waals surface area contributed by atoms with Gasteiger partial charge < -0.3 is 10.1 Å². The topological polar surface area (TPSA) is 64.1 Å². The Bertz CT molecular complexity index is 675. The third-order valence-electron chi connectivity index (χ3n) is 2.78. The number of ether oxygens (including phenoxy) is 1. The van der Waals surface area contributed by atoms with Crippen LogP contribution in [0.2, 0.25) is 0 Å². The fraction of sp³-hybridized carbons (Fsp3) is 0.353. The Labute approximate surface area is 130 Å². The van der Waals surface area contributed by atoms with E-state index in [1.165, 1.54) is 0 Å². The molecule has 0 unspecified atom stereocenters. The first kappa shape index (κ1) is 15.9. The second-order valence-corrected chi connectivity index (χ2v) is 5.92. The van der Waals surface area contributed by atoms with E-state index < -0.39 is 5.60 Å². The highest BCUT2D eigenvalue weighted by atomic mass is 16.6. The van der Waals surface area contributed by atoms with Crippen LogP contribution < -0.4 is 5.32 Å². The van der Waals surface area contributed by atoms with E-state index in [2.05, 4.69) is 15.3 Å². The van der Waals surface area contributed by atoms with E-state index in [1.54, 1.807) is 12.4 Å². The molecule has 2 aromatic rings. The molecule has 0 aliphatic heterocycles. The van der Waals surface area contributed by atoms with Crippen molar-refractivity contribution in [2.75, 3.05) is 6.54 Å². The standard InChI is InChI=1S/C17H21N3O2/c1-17(2,3)22-16(21)20-9-5-4-6-13-7-8-14-15(12-13)19-11-10-18-14/h4,6-8,10-12H,5,9H2,1-3H3,(H,20,21). The lowest BCUT2D eigenvalue weighted by Crippen LogP contribution is -2.32. The van der Waals surface area contributed by atoms with Crippen LogP contribution in [0.4, 0.5) is 4.79 Å². The van der Waals surface area contributed by atoms with Crippen LogP contribution in [0.15, 0.2) is 36.7 Å². The molecule has 1 amide bonds. The van der Waals surface area contributed by atoms with Crippen molar-refractivity contribution in [3.05, 3.63) is 42.2 Å². The van der Waals surface area contributed by atoms with Crippen LogP contribution in [0, 0.1) is 0 Å². The minimum Gasteiger partial charge on any atom is -0.444 e. The highest BCUT2D eigenvalue weighted by Crippen LogP contribution is 2.12. The minimum atomic E-state index is -0.466. The lowest BCUT2D eigenvalue weighted by molar-refractivity contribution is 0.0529. The maximum atomic E-state index is 11.5. The van der Waals surface area contributed by atoms with Crippen LogP contribution in [0.1, 0.15) is 32.8 Å². The lowest BCUT2D eigenvalue weighted by atomic mass is 10.1. The van der Waals surface area contributed by atoms with Gasteiger partial charge >= 0.3 is 6.09 Å². The van der Waals surface area contributed by atoms with E-state index in [1.807, 2.05) is 51.1 Å². The number of benzene rings is 1. The third kappa shape index (κ3) is 5.16. The van der Waals surface area contributed by atoms with Crippen LogP contribution in [-0.4, -0.2) is 28.2 Å². The average molecular weight is 299 g/mol. The SMILES string of the molecule is CC(C)(C)OC(=O)NCCC=Cc1ccc2nccnc2c1. The number of nitrogens with zero attached hydrogens (tertiary/aromatic N) is 2. The number of aromatic nitrogens is 2. The summed E-state index contributed by atoms with van der Waals surface area (Å²) in [5.41, 5.74) is 2.35. The number of fused-ring (bicyclic) bond motifs is 1. The van der Waals surface area contributed by atoms with Gasteiger partial charge in [-0.15, -0.1) is 0 Å². The zero-order chi connectivity index (χ0) is 16.0. The Balaban J connectivity index is 1.80. The number of nitrogens with one attached hydrogen (secondary N) is 1. The van der Waals surface area contributed by atoms with Gasteiger partial charge in [0.25, 0.3) is 0 Å². The summed E-state index contributed by atoms with van der Waals surface area (Å²) in [5.74, 6) is 0. The molecule has 0 aliphatic rings. The van der Waals surface area contributed by atoms with Crippen LogP contribution in [0.5, 0.6) is 0 Å². The molecule has 5 nitrogen and oxygen atoms in total. The first-order chi connectivity index (χ1) is 10.4. The molecule has 0 saturated heterocycles. The van der Waals surface area contributed by atoms with Crippen molar-refractivity contribution in [1.82, 2.24) is 15.3 Å². The molecule has 2 rings (SSSR count). The van der Waals surface area contributed by atoms with Crippen LogP contribution in [-0.2, 0) is 4.74 Å². The maximum Gasteiger partial charge on any atom is 0.407 e. The fourth-order valence-electron chi connectivity index (χ4n) is 1.88. The Kier molecular flexibility index (Phi) is 5.09. The van der Waals surface area contributed by atoms with Crippen molar-refractivity contribution in [2.45, 2.75) is 32.8 Å². The van der Waals surface area contributed by atoms with Gasteiger partial charge in [-0.1, -0.05) is 18.2 Å². The summed E-state index contributed by atoms with van der Waals surface area (Å²) in [6.45, 7) is 6.07. The summed E-state index contributed by atoms with van der Waals surface area (Å²) in [6.07, 6.45) is 7.72. The molecule has 0 atom stereocenters. The summed E-state index contributed by atoms with van der Waals surface area (Å²) in [4.78, 5) is 20.0. The molecule has 5 heteroatoms. The third-order valence-corrected chi connectivity index (χ3v) is 2.78. The second-order valence-electron chi connectivity index (χ2n) is 5.92. The monoisotopic (exact) mass is 299 g/mol. The second kappa shape index (κ2) is 7.02. The molecular weight excluding hydrogens is 278 g/mol. The van der Waals surface area contributed by atoms with Gasteiger partial charge in [0.05, 0.1) is 11.0 Å². The Morgan fingerprint density at radius 3 is 2.68 bits per heavy atom. The van der Waals surface area contributed by atoms with Gasteiger partial charge in [0.1, 0.15) is 5.60 Å². The summed E-state index contributed by atoms with van der Waals surface area (Å²) >= 11 is 0. The number of hydrogen-bond acceptors (Lipinski definition) is 4. The molecule has 0 aliphatic carbocycles. The smallest absolute Gasteiger partial charge is 0.407 e. The highest BCUT2D eigenvalue weighted by molar-refractivity contribution is 5.77. The van der Waals surface area contributed by atoms with Crippen LogP contribution in [0.3, 0.4) is 0 Å². The molecule has 1 heterocycles. The van der Waals surface area contributed by atoms with E-state index in [9.17, 15) is 4.79 Å². The number of carbonyl (C=O) groups is 1. The molecule has 0 fully saturated rings. The molecule has 22 heavy (non-hydrogen) atoms. The number of hydrogen-bond donors (Lipinski definition) is 1. The van der Waals surface area contributed by atoms with E-state index >= 15 is 0 Å². The van der Waals surface area contributed by atoms with Gasteiger partial charge in [-0.05, 0) is 44.9 Å². The normalized spacial score (nSPS) is 11.8. The van der Waals surface area contributed by atoms with Crippen LogP contribution >= 0.6 is 0 Å². The number of amides is 1. The average Bonchev–Trinajstić information content (AvgIpc) is 2.45. The summed E-state index contributed by atoms with van der Waals surface area (Å²) < 4.78 is 5.16. The van der Waals surface area contributed by atoms with E-state index in [-0.39, 0.29) is 6.09 Å². The molecule has 116 valence electrons. The van der Waals surface area contributed by atoms with Gasteiger partial charge in [0.15, 0.2) is 0 Å². The fourth-order valence-corrected chi connectivity index (χ4v) is 1.88. The van der Waals surface area contributed by atoms with Crippen molar-refractivity contribution in [1.29, 1.82) is 0 Å². The van der Waals surface area contributed by atoms with E-state index in [0.717, 1.165) is 23.0 Å². The van der Waals surface area contributed by atoms with Gasteiger partial charge in [-0.25, -0.2) is 4.79 Å². The van der Waals surface area contributed by atoms with Gasteiger partial charge in [-0.2, -0.15) is 0 Å². The van der Waals surface area contributed by atoms with Gasteiger partial charge in [0, 0.05) is 18.9 Å². The van der Waals surface area contributed by atoms with Crippen molar-refractivity contribution >= 4 is 23.2 Å². The molecule has 0 radical (unpaired) electrons. The molecule has 0 spiro atoms. The van der Waals surface area contributed by atoms with Crippen molar-refractivity contribution in [2.24, 2.45) is 0 Å². The predicted molar refractivity (Wildman–Crippen MR) is 87.4 cm³/mol. The summed E-state index contributed by atoms with van der Waals surface area (Å²) in [6, 6.07) is 5.93. The first-order valence-electron chi connectivity index (χ1n) is 7.28. The number of carbonyl (C=O) groups excluding carboxylic acids is 1. The summed E-state index contributed by atoms with van der Waals surface area (Å²) in [5, 5.41) is 2.72.